The topological polar surface area (TPSA) is 34.1 Å². The normalized spacial score (nSPS) is 18.6. The van der Waals surface area contributed by atoms with Crippen molar-refractivity contribution in [3.05, 3.63) is 23.5 Å². The Morgan fingerprint density at radius 1 is 1.39 bits per heavy atom. The smallest absolute Gasteiger partial charge is 0.139 e. The summed E-state index contributed by atoms with van der Waals surface area (Å²) in [5.41, 5.74) is 0. The van der Waals surface area contributed by atoms with E-state index in [1.165, 1.54) is 32.1 Å². The predicted molar refractivity (Wildman–Crippen MR) is 74.2 cm³/mol. The molecule has 1 atom stereocenters. The fourth-order valence-electron chi connectivity index (χ4n) is 2.37. The van der Waals surface area contributed by atoms with Crippen LogP contribution in [0, 0.1) is 0 Å². The molecule has 1 aromatic heterocycles. The SMILES string of the molecule is CC(CNC1CCCCC1)Oc1cncc(Cl)c1. The third-order valence-electron chi connectivity index (χ3n) is 3.32. The minimum absolute atomic E-state index is 0.132. The Bertz CT molecular complexity index is 367. The Hall–Kier alpha value is -0.800. The van der Waals surface area contributed by atoms with Crippen molar-refractivity contribution in [3.63, 3.8) is 0 Å². The van der Waals surface area contributed by atoms with Gasteiger partial charge in [0, 0.05) is 24.8 Å². The van der Waals surface area contributed by atoms with Gasteiger partial charge in [0.1, 0.15) is 11.9 Å². The molecular formula is C14H21ClN2O. The molecule has 0 spiro atoms. The van der Waals surface area contributed by atoms with Gasteiger partial charge in [-0.3, -0.25) is 4.98 Å². The second-order valence-corrected chi connectivity index (χ2v) is 5.45. The molecule has 1 unspecified atom stereocenters. The highest BCUT2D eigenvalue weighted by Gasteiger charge is 2.14. The summed E-state index contributed by atoms with van der Waals surface area (Å²) in [6.07, 6.45) is 10.1. The Balaban J connectivity index is 1.72. The lowest BCUT2D eigenvalue weighted by Crippen LogP contribution is -2.37. The summed E-state index contributed by atoms with van der Waals surface area (Å²) in [4.78, 5) is 4.01. The van der Waals surface area contributed by atoms with E-state index in [0.29, 0.717) is 11.1 Å². The second-order valence-electron chi connectivity index (χ2n) is 5.01. The Morgan fingerprint density at radius 2 is 2.17 bits per heavy atom. The van der Waals surface area contributed by atoms with Crippen LogP contribution in [0.2, 0.25) is 5.02 Å². The number of ether oxygens (including phenoxy) is 1. The van der Waals surface area contributed by atoms with Gasteiger partial charge < -0.3 is 10.1 Å². The minimum Gasteiger partial charge on any atom is -0.488 e. The summed E-state index contributed by atoms with van der Waals surface area (Å²) < 4.78 is 5.78. The Morgan fingerprint density at radius 3 is 2.89 bits per heavy atom. The summed E-state index contributed by atoms with van der Waals surface area (Å²) >= 11 is 5.87. The number of pyridine rings is 1. The van der Waals surface area contributed by atoms with Crippen LogP contribution >= 0.6 is 11.6 Å². The number of halogens is 1. The minimum atomic E-state index is 0.132. The van der Waals surface area contributed by atoms with Crippen LogP contribution in [-0.2, 0) is 0 Å². The van der Waals surface area contributed by atoms with Gasteiger partial charge in [-0.15, -0.1) is 0 Å². The number of nitrogens with one attached hydrogen (secondary N) is 1. The maximum absolute atomic E-state index is 5.87. The van der Waals surface area contributed by atoms with E-state index >= 15 is 0 Å². The monoisotopic (exact) mass is 268 g/mol. The van der Waals surface area contributed by atoms with Crippen LogP contribution in [0.25, 0.3) is 0 Å². The lowest BCUT2D eigenvalue weighted by atomic mass is 9.95. The van der Waals surface area contributed by atoms with Crippen LogP contribution in [0.1, 0.15) is 39.0 Å². The molecule has 0 aromatic carbocycles. The summed E-state index contributed by atoms with van der Waals surface area (Å²) in [6, 6.07) is 2.47. The molecule has 0 radical (unpaired) electrons. The van der Waals surface area contributed by atoms with Gasteiger partial charge >= 0.3 is 0 Å². The maximum atomic E-state index is 5.87. The molecule has 1 fully saturated rings. The van der Waals surface area contributed by atoms with Crippen LogP contribution in [-0.4, -0.2) is 23.7 Å². The number of aromatic nitrogens is 1. The molecule has 4 heteroatoms. The average molecular weight is 269 g/mol. The molecule has 1 N–H and O–H groups in total. The average Bonchev–Trinajstić information content (AvgIpc) is 2.38. The molecule has 0 saturated heterocycles. The van der Waals surface area contributed by atoms with Gasteiger partial charge in [0.25, 0.3) is 0 Å². The number of hydrogen-bond acceptors (Lipinski definition) is 3. The first-order valence-electron chi connectivity index (χ1n) is 6.74. The number of nitrogens with zero attached hydrogens (tertiary/aromatic N) is 1. The van der Waals surface area contributed by atoms with E-state index in [4.69, 9.17) is 16.3 Å². The van der Waals surface area contributed by atoms with E-state index in [9.17, 15) is 0 Å². The van der Waals surface area contributed by atoms with Crippen molar-refractivity contribution in [1.82, 2.24) is 10.3 Å². The molecule has 1 aliphatic carbocycles. The van der Waals surface area contributed by atoms with Gasteiger partial charge in [-0.1, -0.05) is 30.9 Å². The third-order valence-corrected chi connectivity index (χ3v) is 3.52. The molecule has 1 aliphatic rings. The van der Waals surface area contributed by atoms with Crippen LogP contribution < -0.4 is 10.1 Å². The molecule has 0 amide bonds. The maximum Gasteiger partial charge on any atom is 0.139 e. The first-order chi connectivity index (χ1) is 8.74. The summed E-state index contributed by atoms with van der Waals surface area (Å²) in [7, 11) is 0. The molecule has 1 aromatic rings. The van der Waals surface area contributed by atoms with E-state index < -0.39 is 0 Å². The molecule has 1 heterocycles. The van der Waals surface area contributed by atoms with Crippen LogP contribution in [0.15, 0.2) is 18.5 Å². The fraction of sp³-hybridized carbons (Fsp3) is 0.643. The highest BCUT2D eigenvalue weighted by Crippen LogP contribution is 2.18. The Labute approximate surface area is 114 Å². The third kappa shape index (κ3) is 4.46. The van der Waals surface area contributed by atoms with Crippen molar-refractivity contribution < 1.29 is 4.74 Å². The van der Waals surface area contributed by atoms with Crippen molar-refractivity contribution >= 4 is 11.6 Å². The predicted octanol–water partition coefficient (Wildman–Crippen LogP) is 3.42. The van der Waals surface area contributed by atoms with Crippen molar-refractivity contribution in [3.8, 4) is 5.75 Å². The van der Waals surface area contributed by atoms with Gasteiger partial charge in [0.15, 0.2) is 0 Å². The van der Waals surface area contributed by atoms with Crippen LogP contribution in [0.3, 0.4) is 0 Å². The largest absolute Gasteiger partial charge is 0.488 e. The number of rotatable bonds is 5. The quantitative estimate of drug-likeness (QED) is 0.888. The highest BCUT2D eigenvalue weighted by molar-refractivity contribution is 6.30. The standard InChI is InChI=1S/C14H21ClN2O/c1-11(8-17-13-5-3-2-4-6-13)18-14-7-12(15)9-16-10-14/h7,9-11,13,17H,2-6,8H2,1H3. The van der Waals surface area contributed by atoms with Gasteiger partial charge in [0.05, 0.1) is 11.2 Å². The highest BCUT2D eigenvalue weighted by atomic mass is 35.5. The zero-order chi connectivity index (χ0) is 12.8. The zero-order valence-electron chi connectivity index (χ0n) is 10.9. The van der Waals surface area contributed by atoms with Crippen LogP contribution in [0.5, 0.6) is 5.75 Å². The first-order valence-corrected chi connectivity index (χ1v) is 7.12. The molecule has 0 aliphatic heterocycles. The zero-order valence-corrected chi connectivity index (χ0v) is 11.6. The second kappa shape index (κ2) is 6.95. The molecule has 100 valence electrons. The molecule has 2 rings (SSSR count). The lowest BCUT2D eigenvalue weighted by molar-refractivity contribution is 0.204. The van der Waals surface area contributed by atoms with Crippen molar-refractivity contribution in [2.45, 2.75) is 51.2 Å². The van der Waals surface area contributed by atoms with Gasteiger partial charge in [-0.05, 0) is 19.8 Å². The molecule has 18 heavy (non-hydrogen) atoms. The summed E-state index contributed by atoms with van der Waals surface area (Å²) in [5, 5.41) is 4.19. The van der Waals surface area contributed by atoms with E-state index in [2.05, 4.69) is 17.2 Å². The lowest BCUT2D eigenvalue weighted by Gasteiger charge is -2.24. The van der Waals surface area contributed by atoms with E-state index in [0.717, 1.165) is 12.3 Å². The van der Waals surface area contributed by atoms with E-state index in [1.807, 2.05) is 0 Å². The van der Waals surface area contributed by atoms with Gasteiger partial charge in [-0.25, -0.2) is 0 Å². The van der Waals surface area contributed by atoms with Crippen molar-refractivity contribution in [1.29, 1.82) is 0 Å². The van der Waals surface area contributed by atoms with Gasteiger partial charge in [0.2, 0.25) is 0 Å². The van der Waals surface area contributed by atoms with E-state index in [1.54, 1.807) is 18.5 Å². The Kier molecular flexibility index (Phi) is 5.26. The molecular weight excluding hydrogens is 248 g/mol. The van der Waals surface area contributed by atoms with Crippen molar-refractivity contribution in [2.75, 3.05) is 6.54 Å². The molecule has 0 bridgehead atoms. The molecule has 3 nitrogen and oxygen atoms in total. The number of hydrogen-bond donors (Lipinski definition) is 1. The summed E-state index contributed by atoms with van der Waals surface area (Å²) in [5.74, 6) is 0.737. The first kappa shape index (κ1) is 13.6. The van der Waals surface area contributed by atoms with Crippen LogP contribution in [0.4, 0.5) is 0 Å². The fourth-order valence-corrected chi connectivity index (χ4v) is 2.53. The van der Waals surface area contributed by atoms with Gasteiger partial charge in [-0.2, -0.15) is 0 Å². The van der Waals surface area contributed by atoms with E-state index in [-0.39, 0.29) is 6.10 Å². The van der Waals surface area contributed by atoms with Crippen molar-refractivity contribution in [2.24, 2.45) is 0 Å². The summed E-state index contributed by atoms with van der Waals surface area (Å²) in [6.45, 7) is 2.94. The molecule has 1 saturated carbocycles.